The van der Waals surface area contributed by atoms with E-state index in [4.69, 9.17) is 9.47 Å². The molecule has 1 aromatic carbocycles. The molecule has 1 atom stereocenters. The fourth-order valence-corrected chi connectivity index (χ4v) is 1.61. The first-order valence-electron chi connectivity index (χ1n) is 5.79. The van der Waals surface area contributed by atoms with Crippen LogP contribution in [0, 0.1) is 6.92 Å². The largest absolute Gasteiger partial charge is 0.507 e. The number of carbonyl (C=O) groups excluding carboxylic acids is 1. The number of rotatable bonds is 3. The summed E-state index contributed by atoms with van der Waals surface area (Å²) in [6.07, 6.45) is 0.575. The summed E-state index contributed by atoms with van der Waals surface area (Å²) in [5, 5.41) is 19.6. The Morgan fingerprint density at radius 2 is 2.11 bits per heavy atom. The molecule has 1 aromatic rings. The van der Waals surface area contributed by atoms with Crippen molar-refractivity contribution in [3.8, 4) is 17.2 Å². The second kappa shape index (κ2) is 4.17. The van der Waals surface area contributed by atoms with E-state index in [0.29, 0.717) is 24.2 Å². The molecule has 1 saturated heterocycles. The molecule has 0 aromatic heterocycles. The molecule has 2 rings (SSSR count). The number of epoxide rings is 1. The van der Waals surface area contributed by atoms with Gasteiger partial charge in [-0.05, 0) is 31.9 Å². The van der Waals surface area contributed by atoms with Gasteiger partial charge in [-0.2, -0.15) is 0 Å². The first kappa shape index (κ1) is 12.7. The molecule has 18 heavy (non-hydrogen) atoms. The lowest BCUT2D eigenvalue weighted by Crippen LogP contribution is -2.26. The highest BCUT2D eigenvalue weighted by atomic mass is 16.6. The zero-order valence-electron chi connectivity index (χ0n) is 10.6. The van der Waals surface area contributed by atoms with Gasteiger partial charge < -0.3 is 19.7 Å². The van der Waals surface area contributed by atoms with Crippen LogP contribution in [0.3, 0.4) is 0 Å². The molecule has 5 heteroatoms. The Morgan fingerprint density at radius 1 is 1.50 bits per heavy atom. The van der Waals surface area contributed by atoms with Gasteiger partial charge in [0, 0.05) is 5.56 Å². The van der Waals surface area contributed by atoms with E-state index < -0.39 is 11.6 Å². The number of phenolic OH excluding ortho intramolecular Hbond substituents is 2. The Bertz CT molecular complexity index is 503. The molecule has 1 aliphatic rings. The van der Waals surface area contributed by atoms with Crippen LogP contribution in [0.2, 0.25) is 0 Å². The van der Waals surface area contributed by atoms with Gasteiger partial charge in [-0.15, -0.1) is 0 Å². The summed E-state index contributed by atoms with van der Waals surface area (Å²) in [4.78, 5) is 11.7. The second-order valence-corrected chi connectivity index (χ2v) is 4.62. The van der Waals surface area contributed by atoms with Crippen LogP contribution in [0.15, 0.2) is 6.07 Å². The maximum absolute atomic E-state index is 11.7. The molecule has 98 valence electrons. The van der Waals surface area contributed by atoms with Crippen molar-refractivity contribution in [2.75, 3.05) is 6.61 Å². The standard InChI is InChI=1S/C13H16O5/c1-4-8-5-9(11(15)7(2)10(8)14)18-12(16)13(3)6-17-13/h5,14-15H,4,6H2,1-3H3. The third kappa shape index (κ3) is 2.01. The molecule has 5 nitrogen and oxygen atoms in total. The average Bonchev–Trinajstić information content (AvgIpc) is 3.09. The molecule has 0 spiro atoms. The molecule has 1 unspecified atom stereocenters. The maximum Gasteiger partial charge on any atom is 0.346 e. The Labute approximate surface area is 105 Å². The van der Waals surface area contributed by atoms with Crippen LogP contribution in [0.5, 0.6) is 17.2 Å². The van der Waals surface area contributed by atoms with Gasteiger partial charge in [-0.1, -0.05) is 6.92 Å². The van der Waals surface area contributed by atoms with Crippen LogP contribution in [-0.4, -0.2) is 28.4 Å². The van der Waals surface area contributed by atoms with Crippen molar-refractivity contribution in [3.63, 3.8) is 0 Å². The quantitative estimate of drug-likeness (QED) is 0.486. The number of phenols is 2. The molecule has 1 fully saturated rings. The van der Waals surface area contributed by atoms with E-state index in [1.807, 2.05) is 6.92 Å². The second-order valence-electron chi connectivity index (χ2n) is 4.62. The number of esters is 1. The third-order valence-corrected chi connectivity index (χ3v) is 3.15. The van der Waals surface area contributed by atoms with Crippen LogP contribution in [0.4, 0.5) is 0 Å². The predicted octanol–water partition coefficient (Wildman–Crippen LogP) is 1.66. The average molecular weight is 252 g/mol. The van der Waals surface area contributed by atoms with E-state index in [9.17, 15) is 15.0 Å². The first-order chi connectivity index (χ1) is 8.39. The van der Waals surface area contributed by atoms with Gasteiger partial charge in [0.15, 0.2) is 17.1 Å². The molecular weight excluding hydrogens is 236 g/mol. The predicted molar refractivity (Wildman–Crippen MR) is 63.9 cm³/mol. The van der Waals surface area contributed by atoms with Crippen molar-refractivity contribution < 1.29 is 24.5 Å². The molecule has 0 saturated carbocycles. The minimum atomic E-state index is -0.898. The number of ether oxygens (including phenoxy) is 2. The van der Waals surface area contributed by atoms with E-state index in [-0.39, 0.29) is 17.2 Å². The van der Waals surface area contributed by atoms with E-state index in [1.165, 1.54) is 6.07 Å². The van der Waals surface area contributed by atoms with Gasteiger partial charge in [0.25, 0.3) is 0 Å². The minimum Gasteiger partial charge on any atom is -0.507 e. The van der Waals surface area contributed by atoms with Gasteiger partial charge in [-0.25, -0.2) is 4.79 Å². The third-order valence-electron chi connectivity index (χ3n) is 3.15. The van der Waals surface area contributed by atoms with Crippen molar-refractivity contribution in [2.45, 2.75) is 32.8 Å². The van der Waals surface area contributed by atoms with E-state index in [1.54, 1.807) is 13.8 Å². The van der Waals surface area contributed by atoms with Crippen molar-refractivity contribution >= 4 is 5.97 Å². The Morgan fingerprint density at radius 3 is 2.61 bits per heavy atom. The molecule has 0 bridgehead atoms. The topological polar surface area (TPSA) is 79.3 Å². The highest BCUT2D eigenvalue weighted by molar-refractivity contribution is 5.84. The van der Waals surface area contributed by atoms with Crippen LogP contribution in [0.25, 0.3) is 0 Å². The summed E-state index contributed by atoms with van der Waals surface area (Å²) in [6, 6.07) is 1.47. The van der Waals surface area contributed by atoms with Gasteiger partial charge >= 0.3 is 5.97 Å². The molecule has 1 aliphatic heterocycles. The highest BCUT2D eigenvalue weighted by Crippen LogP contribution is 2.40. The van der Waals surface area contributed by atoms with Crippen LogP contribution in [-0.2, 0) is 16.0 Å². The lowest BCUT2D eigenvalue weighted by molar-refractivity contribution is -0.139. The van der Waals surface area contributed by atoms with Crippen molar-refractivity contribution in [1.29, 1.82) is 0 Å². The SMILES string of the molecule is CCc1cc(OC(=O)C2(C)CO2)c(O)c(C)c1O. The Hall–Kier alpha value is -1.75. The smallest absolute Gasteiger partial charge is 0.346 e. The molecular formula is C13H16O5. The molecule has 0 radical (unpaired) electrons. The van der Waals surface area contributed by atoms with E-state index in [2.05, 4.69) is 0 Å². The zero-order chi connectivity index (χ0) is 13.5. The van der Waals surface area contributed by atoms with Gasteiger partial charge in [0.2, 0.25) is 0 Å². The van der Waals surface area contributed by atoms with Gasteiger partial charge in [-0.3, -0.25) is 0 Å². The number of hydrogen-bond donors (Lipinski definition) is 2. The number of hydrogen-bond acceptors (Lipinski definition) is 5. The summed E-state index contributed by atoms with van der Waals surface area (Å²) in [6.45, 7) is 5.38. The number of aryl methyl sites for hydroxylation is 1. The summed E-state index contributed by atoms with van der Waals surface area (Å²) in [5.74, 6) is -0.667. The molecule has 0 amide bonds. The van der Waals surface area contributed by atoms with E-state index in [0.717, 1.165) is 0 Å². The number of carbonyl (C=O) groups is 1. The normalized spacial score (nSPS) is 21.7. The molecule has 0 aliphatic carbocycles. The lowest BCUT2D eigenvalue weighted by atomic mass is 10.1. The fraction of sp³-hybridized carbons (Fsp3) is 0.462. The summed E-state index contributed by atoms with van der Waals surface area (Å²) in [7, 11) is 0. The maximum atomic E-state index is 11.7. The fourth-order valence-electron chi connectivity index (χ4n) is 1.61. The minimum absolute atomic E-state index is 0.0312. The number of benzene rings is 1. The summed E-state index contributed by atoms with van der Waals surface area (Å²) < 4.78 is 10.1. The number of aromatic hydroxyl groups is 2. The zero-order valence-corrected chi connectivity index (χ0v) is 10.6. The van der Waals surface area contributed by atoms with Crippen molar-refractivity contribution in [1.82, 2.24) is 0 Å². The Balaban J connectivity index is 2.33. The lowest BCUT2D eigenvalue weighted by Gasteiger charge is -2.13. The van der Waals surface area contributed by atoms with Crippen LogP contribution >= 0.6 is 0 Å². The van der Waals surface area contributed by atoms with E-state index >= 15 is 0 Å². The van der Waals surface area contributed by atoms with Crippen molar-refractivity contribution in [3.05, 3.63) is 17.2 Å². The van der Waals surface area contributed by atoms with Crippen LogP contribution < -0.4 is 4.74 Å². The Kier molecular flexibility index (Phi) is 2.94. The first-order valence-corrected chi connectivity index (χ1v) is 5.79. The van der Waals surface area contributed by atoms with Crippen LogP contribution in [0.1, 0.15) is 25.0 Å². The molecule has 2 N–H and O–H groups in total. The summed E-state index contributed by atoms with van der Waals surface area (Å²) in [5.41, 5.74) is 0.0268. The summed E-state index contributed by atoms with van der Waals surface area (Å²) >= 11 is 0. The van der Waals surface area contributed by atoms with Gasteiger partial charge in [0.1, 0.15) is 5.75 Å². The molecule has 1 heterocycles. The van der Waals surface area contributed by atoms with Gasteiger partial charge in [0.05, 0.1) is 6.61 Å². The van der Waals surface area contributed by atoms with Crippen molar-refractivity contribution in [2.24, 2.45) is 0 Å². The monoisotopic (exact) mass is 252 g/mol. The highest BCUT2D eigenvalue weighted by Gasteiger charge is 2.49.